The molecule has 118 valence electrons. The maximum atomic E-state index is 5.89. The molecule has 1 heterocycles. The molecule has 0 saturated heterocycles. The first-order valence-corrected chi connectivity index (χ1v) is 7.92. The van der Waals surface area contributed by atoms with Gasteiger partial charge in [-0.3, -0.25) is 0 Å². The van der Waals surface area contributed by atoms with Crippen LogP contribution in [0.25, 0.3) is 11.5 Å². The number of hydrogen-bond acceptors (Lipinski definition) is 4. The van der Waals surface area contributed by atoms with E-state index in [1.165, 1.54) is 5.56 Å². The predicted octanol–water partition coefficient (Wildman–Crippen LogP) is 5.13. The Morgan fingerprint density at radius 2 is 1.78 bits per heavy atom. The second-order valence-corrected chi connectivity index (χ2v) is 6.04. The lowest BCUT2D eigenvalue weighted by atomic mass is 10.0. The van der Waals surface area contributed by atoms with E-state index in [0.717, 1.165) is 11.3 Å². The van der Waals surface area contributed by atoms with Crippen LogP contribution in [-0.4, -0.2) is 10.2 Å². The molecule has 3 aromatic rings. The Morgan fingerprint density at radius 3 is 2.52 bits per heavy atom. The van der Waals surface area contributed by atoms with Crippen molar-refractivity contribution in [3.8, 4) is 11.5 Å². The van der Waals surface area contributed by atoms with Crippen molar-refractivity contribution in [1.29, 1.82) is 0 Å². The zero-order valence-electron chi connectivity index (χ0n) is 13.1. The van der Waals surface area contributed by atoms with Crippen molar-refractivity contribution in [3.05, 3.63) is 65.0 Å². The molecule has 0 fully saturated rings. The fourth-order valence-electron chi connectivity index (χ4n) is 2.37. The first-order chi connectivity index (χ1) is 11.1. The molecule has 0 aliphatic heterocycles. The van der Waals surface area contributed by atoms with E-state index in [1.54, 1.807) is 12.1 Å². The van der Waals surface area contributed by atoms with Crippen molar-refractivity contribution < 1.29 is 4.42 Å². The maximum Gasteiger partial charge on any atom is 0.247 e. The number of benzene rings is 2. The normalized spacial score (nSPS) is 11.0. The molecule has 0 radical (unpaired) electrons. The van der Waals surface area contributed by atoms with Gasteiger partial charge in [0, 0.05) is 16.3 Å². The summed E-state index contributed by atoms with van der Waals surface area (Å²) < 4.78 is 5.70. The summed E-state index contributed by atoms with van der Waals surface area (Å²) in [4.78, 5) is 0. The van der Waals surface area contributed by atoms with Gasteiger partial charge in [0.2, 0.25) is 11.8 Å². The Balaban J connectivity index is 1.72. The largest absolute Gasteiger partial charge is 0.419 e. The molecule has 0 saturated carbocycles. The van der Waals surface area contributed by atoms with Gasteiger partial charge in [-0.25, -0.2) is 0 Å². The molecule has 5 heteroatoms. The molecule has 0 bridgehead atoms. The van der Waals surface area contributed by atoms with Gasteiger partial charge in [-0.15, -0.1) is 10.2 Å². The van der Waals surface area contributed by atoms with Crippen molar-refractivity contribution in [1.82, 2.24) is 10.2 Å². The van der Waals surface area contributed by atoms with Crippen LogP contribution in [-0.2, 0) is 6.54 Å². The highest BCUT2D eigenvalue weighted by molar-refractivity contribution is 6.30. The van der Waals surface area contributed by atoms with Crippen LogP contribution < -0.4 is 5.32 Å². The van der Waals surface area contributed by atoms with Gasteiger partial charge in [0.15, 0.2) is 0 Å². The van der Waals surface area contributed by atoms with Crippen molar-refractivity contribution in [2.75, 3.05) is 5.32 Å². The number of para-hydroxylation sites is 1. The van der Waals surface area contributed by atoms with E-state index in [-0.39, 0.29) is 0 Å². The lowest BCUT2D eigenvalue weighted by molar-refractivity contribution is 0.515. The minimum Gasteiger partial charge on any atom is -0.419 e. The Hall–Kier alpha value is -2.33. The smallest absolute Gasteiger partial charge is 0.247 e. The summed E-state index contributed by atoms with van der Waals surface area (Å²) in [7, 11) is 0. The number of halogens is 1. The van der Waals surface area contributed by atoms with Crippen LogP contribution in [0.5, 0.6) is 0 Å². The third kappa shape index (κ3) is 3.71. The van der Waals surface area contributed by atoms with E-state index in [1.807, 2.05) is 24.3 Å². The summed E-state index contributed by atoms with van der Waals surface area (Å²) in [5.74, 6) is 1.50. The van der Waals surface area contributed by atoms with Crippen molar-refractivity contribution in [2.24, 2.45) is 0 Å². The molecule has 0 atom stereocenters. The van der Waals surface area contributed by atoms with Crippen molar-refractivity contribution in [2.45, 2.75) is 26.3 Å². The molecule has 0 aliphatic carbocycles. The zero-order chi connectivity index (χ0) is 16.2. The predicted molar refractivity (Wildman–Crippen MR) is 92.6 cm³/mol. The van der Waals surface area contributed by atoms with Gasteiger partial charge < -0.3 is 9.73 Å². The Labute approximate surface area is 140 Å². The van der Waals surface area contributed by atoms with Gasteiger partial charge in [-0.2, -0.15) is 0 Å². The Kier molecular flexibility index (Phi) is 4.63. The molecule has 3 rings (SSSR count). The van der Waals surface area contributed by atoms with E-state index in [4.69, 9.17) is 16.0 Å². The summed E-state index contributed by atoms with van der Waals surface area (Å²) in [5.41, 5.74) is 3.22. The summed E-state index contributed by atoms with van der Waals surface area (Å²) in [6.45, 7) is 4.84. The van der Waals surface area contributed by atoms with Crippen LogP contribution >= 0.6 is 11.6 Å². The van der Waals surface area contributed by atoms with Crippen LogP contribution in [0.4, 0.5) is 5.69 Å². The molecule has 4 nitrogen and oxygen atoms in total. The van der Waals surface area contributed by atoms with Gasteiger partial charge in [-0.1, -0.05) is 43.6 Å². The van der Waals surface area contributed by atoms with Gasteiger partial charge in [0.1, 0.15) is 0 Å². The van der Waals surface area contributed by atoms with Crippen LogP contribution in [0.2, 0.25) is 5.02 Å². The van der Waals surface area contributed by atoms with E-state index in [9.17, 15) is 0 Å². The van der Waals surface area contributed by atoms with Crippen molar-refractivity contribution >= 4 is 17.3 Å². The summed E-state index contributed by atoms with van der Waals surface area (Å²) in [6, 6.07) is 15.6. The van der Waals surface area contributed by atoms with E-state index < -0.39 is 0 Å². The van der Waals surface area contributed by atoms with Gasteiger partial charge >= 0.3 is 0 Å². The quantitative estimate of drug-likeness (QED) is 0.706. The molecule has 0 spiro atoms. The molecule has 0 amide bonds. The van der Waals surface area contributed by atoms with Crippen molar-refractivity contribution in [3.63, 3.8) is 0 Å². The van der Waals surface area contributed by atoms with E-state index in [2.05, 4.69) is 41.5 Å². The second kappa shape index (κ2) is 6.84. The average Bonchev–Trinajstić information content (AvgIpc) is 3.03. The molecule has 1 aromatic heterocycles. The Morgan fingerprint density at radius 1 is 1.04 bits per heavy atom. The summed E-state index contributed by atoms with van der Waals surface area (Å²) in [5, 5.41) is 12.2. The van der Waals surface area contributed by atoms with Gasteiger partial charge in [-0.05, 0) is 41.8 Å². The number of anilines is 1. The molecular formula is C18H18ClN3O. The van der Waals surface area contributed by atoms with E-state index in [0.29, 0.717) is 29.3 Å². The highest BCUT2D eigenvalue weighted by Gasteiger charge is 2.10. The topological polar surface area (TPSA) is 51.0 Å². The molecular weight excluding hydrogens is 310 g/mol. The lowest BCUT2D eigenvalue weighted by Crippen LogP contribution is -2.03. The fourth-order valence-corrected chi connectivity index (χ4v) is 2.49. The number of aromatic nitrogens is 2. The highest BCUT2D eigenvalue weighted by Crippen LogP contribution is 2.25. The zero-order valence-corrected chi connectivity index (χ0v) is 13.8. The second-order valence-electron chi connectivity index (χ2n) is 5.60. The molecule has 0 aliphatic rings. The average molecular weight is 328 g/mol. The maximum absolute atomic E-state index is 5.89. The monoisotopic (exact) mass is 327 g/mol. The summed E-state index contributed by atoms with van der Waals surface area (Å²) >= 11 is 5.89. The van der Waals surface area contributed by atoms with E-state index >= 15 is 0 Å². The molecule has 1 N–H and O–H groups in total. The SMILES string of the molecule is CC(C)c1ccccc1NCc1nnc(-c2ccc(Cl)cc2)o1. The molecule has 2 aromatic carbocycles. The number of nitrogens with zero attached hydrogens (tertiary/aromatic N) is 2. The summed E-state index contributed by atoms with van der Waals surface area (Å²) in [6.07, 6.45) is 0. The van der Waals surface area contributed by atoms with Crippen LogP contribution in [0, 0.1) is 0 Å². The van der Waals surface area contributed by atoms with Gasteiger partial charge in [0.05, 0.1) is 6.54 Å². The van der Waals surface area contributed by atoms with Crippen LogP contribution in [0.3, 0.4) is 0 Å². The molecule has 23 heavy (non-hydrogen) atoms. The number of nitrogens with one attached hydrogen (secondary N) is 1. The number of rotatable bonds is 5. The lowest BCUT2D eigenvalue weighted by Gasteiger charge is -2.13. The standard InChI is InChI=1S/C18H18ClN3O/c1-12(2)15-5-3-4-6-16(15)20-11-17-21-22-18(23-17)13-7-9-14(19)10-8-13/h3-10,12,20H,11H2,1-2H3. The first kappa shape index (κ1) is 15.6. The minimum atomic E-state index is 0.450. The first-order valence-electron chi connectivity index (χ1n) is 7.54. The third-order valence-corrected chi connectivity index (χ3v) is 3.82. The van der Waals surface area contributed by atoms with Crippen LogP contribution in [0.15, 0.2) is 52.9 Å². The minimum absolute atomic E-state index is 0.450. The third-order valence-electron chi connectivity index (χ3n) is 3.57. The van der Waals surface area contributed by atoms with Crippen LogP contribution in [0.1, 0.15) is 31.2 Å². The number of hydrogen-bond donors (Lipinski definition) is 1. The Bertz CT molecular complexity index is 781. The molecule has 0 unspecified atom stereocenters. The fraction of sp³-hybridized carbons (Fsp3) is 0.222. The van der Waals surface area contributed by atoms with Gasteiger partial charge in [0.25, 0.3) is 0 Å². The highest BCUT2D eigenvalue weighted by atomic mass is 35.5.